The quantitative estimate of drug-likeness (QED) is 0.533. The van der Waals surface area contributed by atoms with E-state index in [1.165, 1.54) is 4.90 Å². The zero-order valence-electron chi connectivity index (χ0n) is 19.9. The molecular weight excluding hydrogens is 456 g/mol. The summed E-state index contributed by atoms with van der Waals surface area (Å²) in [5, 5.41) is 15.7. The van der Waals surface area contributed by atoms with E-state index in [2.05, 4.69) is 6.07 Å². The molecule has 2 aliphatic heterocycles. The number of hydrogen-bond acceptors (Lipinski definition) is 7. The van der Waals surface area contributed by atoms with Crippen LogP contribution >= 0.6 is 0 Å². The Balaban J connectivity index is 1.54. The molecule has 2 heterocycles. The Hall–Kier alpha value is -4.64. The van der Waals surface area contributed by atoms with E-state index >= 15 is 0 Å². The summed E-state index contributed by atoms with van der Waals surface area (Å²) < 4.78 is 10.6. The van der Waals surface area contributed by atoms with Gasteiger partial charge in [0.1, 0.15) is 24.4 Å². The van der Waals surface area contributed by atoms with E-state index in [4.69, 9.17) is 19.8 Å². The summed E-state index contributed by atoms with van der Waals surface area (Å²) in [6.45, 7) is 2.02. The molecule has 180 valence electrons. The van der Waals surface area contributed by atoms with Crippen molar-refractivity contribution in [3.05, 3.63) is 95.6 Å². The zero-order chi connectivity index (χ0) is 25.2. The van der Waals surface area contributed by atoms with Crippen molar-refractivity contribution in [3.63, 3.8) is 0 Å². The molecule has 5 rings (SSSR count). The summed E-state index contributed by atoms with van der Waals surface area (Å²) in [5.74, 6) is -0.0585. The highest BCUT2D eigenvalue weighted by molar-refractivity contribution is 6.10. The Morgan fingerprint density at radius 2 is 1.75 bits per heavy atom. The lowest BCUT2D eigenvalue weighted by molar-refractivity contribution is -0.131. The minimum Gasteiger partial charge on any atom is -0.497 e. The number of carbonyl (C=O) groups excluding carboxylic acids is 2. The van der Waals surface area contributed by atoms with Crippen molar-refractivity contribution in [2.75, 3.05) is 18.7 Å². The molecule has 0 spiro atoms. The summed E-state index contributed by atoms with van der Waals surface area (Å²) >= 11 is 0. The Kier molecular flexibility index (Phi) is 6.13. The standard InChI is InChI=1S/C28H24N4O4/c1-18-25(21-10-8-19(16-29)9-11-21)30-32(22-12-14-23(35-2)15-13-22)26(18)27(33)31-24(17-36-28(31)34)20-6-4-3-5-7-20/h3-15,18,24,26H,17H2,1-2H3/t18-,24?,26-/m1/s1. The van der Waals surface area contributed by atoms with Gasteiger partial charge in [0, 0.05) is 5.92 Å². The van der Waals surface area contributed by atoms with Gasteiger partial charge in [-0.2, -0.15) is 10.4 Å². The molecule has 2 amide bonds. The number of cyclic esters (lactones) is 1. The minimum atomic E-state index is -0.777. The van der Waals surface area contributed by atoms with Gasteiger partial charge in [0.05, 0.1) is 30.1 Å². The van der Waals surface area contributed by atoms with E-state index in [-0.39, 0.29) is 18.4 Å². The molecule has 0 saturated carbocycles. The number of anilines is 1. The van der Waals surface area contributed by atoms with Gasteiger partial charge in [0.2, 0.25) is 0 Å². The lowest BCUT2D eigenvalue weighted by Gasteiger charge is -2.30. The van der Waals surface area contributed by atoms with Crippen LogP contribution < -0.4 is 9.75 Å². The molecule has 1 unspecified atom stereocenters. The van der Waals surface area contributed by atoms with Crippen LogP contribution in [0.4, 0.5) is 10.5 Å². The van der Waals surface area contributed by atoms with Gasteiger partial charge in [-0.1, -0.05) is 49.4 Å². The van der Waals surface area contributed by atoms with Crippen LogP contribution in [0, 0.1) is 17.2 Å². The smallest absolute Gasteiger partial charge is 0.417 e. The van der Waals surface area contributed by atoms with Crippen molar-refractivity contribution >= 4 is 23.4 Å². The van der Waals surface area contributed by atoms with Crippen molar-refractivity contribution in [1.29, 1.82) is 5.26 Å². The molecule has 0 N–H and O–H groups in total. The molecule has 1 fully saturated rings. The molecule has 8 nitrogen and oxygen atoms in total. The van der Waals surface area contributed by atoms with Crippen molar-refractivity contribution in [2.24, 2.45) is 11.0 Å². The number of methoxy groups -OCH3 is 1. The number of hydrazone groups is 1. The van der Waals surface area contributed by atoms with E-state index in [0.29, 0.717) is 22.7 Å². The first-order valence-electron chi connectivity index (χ1n) is 11.6. The zero-order valence-corrected chi connectivity index (χ0v) is 19.9. The van der Waals surface area contributed by atoms with Gasteiger partial charge in [0.25, 0.3) is 5.91 Å². The van der Waals surface area contributed by atoms with Crippen LogP contribution in [-0.4, -0.2) is 42.4 Å². The summed E-state index contributed by atoms with van der Waals surface area (Å²) in [4.78, 5) is 28.1. The van der Waals surface area contributed by atoms with Gasteiger partial charge >= 0.3 is 6.09 Å². The molecule has 3 aromatic carbocycles. The first-order chi connectivity index (χ1) is 17.5. The van der Waals surface area contributed by atoms with Crippen LogP contribution in [0.1, 0.15) is 29.7 Å². The molecule has 0 bridgehead atoms. The van der Waals surface area contributed by atoms with Crippen LogP contribution in [0.3, 0.4) is 0 Å². The first-order valence-corrected chi connectivity index (χ1v) is 11.6. The third kappa shape index (κ3) is 4.05. The molecular formula is C28H24N4O4. The van der Waals surface area contributed by atoms with E-state index in [1.807, 2.05) is 61.5 Å². The van der Waals surface area contributed by atoms with Crippen molar-refractivity contribution in [1.82, 2.24) is 4.90 Å². The van der Waals surface area contributed by atoms with Crippen LogP contribution in [0.2, 0.25) is 0 Å². The molecule has 2 aliphatic rings. The van der Waals surface area contributed by atoms with Gasteiger partial charge in [-0.05, 0) is 47.5 Å². The molecule has 36 heavy (non-hydrogen) atoms. The van der Waals surface area contributed by atoms with Crippen molar-refractivity contribution < 1.29 is 19.1 Å². The number of carbonyl (C=O) groups is 2. The fourth-order valence-electron chi connectivity index (χ4n) is 4.67. The fourth-order valence-corrected chi connectivity index (χ4v) is 4.67. The van der Waals surface area contributed by atoms with E-state index < -0.39 is 18.2 Å². The van der Waals surface area contributed by atoms with Crippen molar-refractivity contribution in [2.45, 2.75) is 19.0 Å². The third-order valence-corrected chi connectivity index (χ3v) is 6.58. The highest BCUT2D eigenvalue weighted by Gasteiger charge is 2.48. The van der Waals surface area contributed by atoms with Crippen LogP contribution in [0.5, 0.6) is 5.75 Å². The molecule has 1 saturated heterocycles. The largest absolute Gasteiger partial charge is 0.497 e. The van der Waals surface area contributed by atoms with Crippen LogP contribution in [0.15, 0.2) is 84.0 Å². The summed E-state index contributed by atoms with van der Waals surface area (Å²) in [6, 6.07) is 24.6. The van der Waals surface area contributed by atoms with Gasteiger partial charge in [-0.25, -0.2) is 9.69 Å². The number of hydrogen-bond donors (Lipinski definition) is 0. The van der Waals surface area contributed by atoms with Crippen molar-refractivity contribution in [3.8, 4) is 11.8 Å². The molecule has 0 aliphatic carbocycles. The normalized spacial score (nSPS) is 21.1. The Morgan fingerprint density at radius 3 is 2.39 bits per heavy atom. The predicted molar refractivity (Wildman–Crippen MR) is 133 cm³/mol. The number of benzene rings is 3. The summed E-state index contributed by atoms with van der Waals surface area (Å²) in [5.41, 5.74) is 3.55. The Bertz CT molecular complexity index is 1350. The highest BCUT2D eigenvalue weighted by atomic mass is 16.6. The number of nitrogens with zero attached hydrogens (tertiary/aromatic N) is 4. The van der Waals surface area contributed by atoms with Gasteiger partial charge in [-0.15, -0.1) is 0 Å². The Morgan fingerprint density at radius 1 is 1.06 bits per heavy atom. The van der Waals surface area contributed by atoms with Gasteiger partial charge in [-0.3, -0.25) is 9.80 Å². The Labute approximate surface area is 209 Å². The first kappa shape index (κ1) is 23.1. The maximum Gasteiger partial charge on any atom is 0.417 e. The van der Waals surface area contributed by atoms with Gasteiger partial charge < -0.3 is 9.47 Å². The SMILES string of the molecule is COc1ccc(N2N=C(c3ccc(C#N)cc3)[C@@H](C)[C@@H]2C(=O)N2C(=O)OCC2c2ccccc2)cc1. The highest BCUT2D eigenvalue weighted by Crippen LogP contribution is 2.36. The second kappa shape index (κ2) is 9.55. The van der Waals surface area contributed by atoms with Crippen LogP contribution in [0.25, 0.3) is 0 Å². The third-order valence-electron chi connectivity index (χ3n) is 6.58. The molecule has 3 atom stereocenters. The molecule has 8 heteroatoms. The monoisotopic (exact) mass is 480 g/mol. The predicted octanol–water partition coefficient (Wildman–Crippen LogP) is 4.52. The topological polar surface area (TPSA) is 95.2 Å². The number of imide groups is 1. The van der Waals surface area contributed by atoms with E-state index in [0.717, 1.165) is 11.1 Å². The summed E-state index contributed by atoms with van der Waals surface area (Å²) in [6.07, 6.45) is -0.664. The lowest BCUT2D eigenvalue weighted by atomic mass is 9.91. The summed E-state index contributed by atoms with van der Waals surface area (Å²) in [7, 11) is 1.59. The molecule has 0 aromatic heterocycles. The number of ether oxygens (including phenoxy) is 2. The maximum atomic E-state index is 14.1. The number of amides is 2. The molecule has 3 aromatic rings. The maximum absolute atomic E-state index is 14.1. The fraction of sp³-hybridized carbons (Fsp3) is 0.214. The molecule has 0 radical (unpaired) electrons. The van der Waals surface area contributed by atoms with Crippen LogP contribution in [-0.2, 0) is 9.53 Å². The number of nitriles is 1. The number of rotatable bonds is 5. The lowest BCUT2D eigenvalue weighted by Crippen LogP contribution is -2.49. The van der Waals surface area contributed by atoms with E-state index in [1.54, 1.807) is 36.4 Å². The van der Waals surface area contributed by atoms with Gasteiger partial charge in [0.15, 0.2) is 0 Å². The van der Waals surface area contributed by atoms with E-state index in [9.17, 15) is 9.59 Å². The second-order valence-corrected chi connectivity index (χ2v) is 8.66. The second-order valence-electron chi connectivity index (χ2n) is 8.66. The average molecular weight is 481 g/mol. The average Bonchev–Trinajstić information content (AvgIpc) is 3.49. The minimum absolute atomic E-state index is 0.0988.